The molecule has 86 valence electrons. The molecule has 0 spiro atoms. The van der Waals surface area contributed by atoms with Crippen LogP contribution < -0.4 is 5.43 Å². The van der Waals surface area contributed by atoms with E-state index in [9.17, 15) is 0 Å². The van der Waals surface area contributed by atoms with Gasteiger partial charge >= 0.3 is 0 Å². The van der Waals surface area contributed by atoms with Crippen LogP contribution in [-0.2, 0) is 4.74 Å². The van der Waals surface area contributed by atoms with Gasteiger partial charge in [-0.3, -0.25) is 4.90 Å². The van der Waals surface area contributed by atoms with Crippen LogP contribution in [0.5, 0.6) is 0 Å². The van der Waals surface area contributed by atoms with Gasteiger partial charge in [0.25, 0.3) is 0 Å². The normalized spacial score (nSPS) is 25.0. The summed E-state index contributed by atoms with van der Waals surface area (Å²) in [6, 6.07) is 0. The summed E-state index contributed by atoms with van der Waals surface area (Å²) in [6.07, 6.45) is 3.45. The van der Waals surface area contributed by atoms with Gasteiger partial charge in [-0.1, -0.05) is 13.0 Å². The summed E-state index contributed by atoms with van der Waals surface area (Å²) in [4.78, 5) is 2.45. The van der Waals surface area contributed by atoms with Crippen LogP contribution in [0, 0.1) is 0 Å². The molecule has 1 saturated heterocycles. The Morgan fingerprint density at radius 2 is 2.13 bits per heavy atom. The van der Waals surface area contributed by atoms with Gasteiger partial charge in [-0.2, -0.15) is 0 Å². The van der Waals surface area contributed by atoms with E-state index >= 15 is 0 Å². The van der Waals surface area contributed by atoms with E-state index in [4.69, 9.17) is 4.74 Å². The molecule has 0 aromatic heterocycles. The Morgan fingerprint density at radius 1 is 1.33 bits per heavy atom. The Labute approximate surface area is 91.8 Å². The Kier molecular flexibility index (Phi) is 4.00. The molecule has 0 saturated carbocycles. The van der Waals surface area contributed by atoms with Crippen LogP contribution in [0.1, 0.15) is 13.3 Å². The van der Waals surface area contributed by atoms with Crippen LogP contribution in [0.25, 0.3) is 0 Å². The lowest BCUT2D eigenvalue weighted by Crippen LogP contribution is -2.46. The van der Waals surface area contributed by atoms with E-state index in [2.05, 4.69) is 28.3 Å². The zero-order valence-electron chi connectivity index (χ0n) is 9.54. The molecule has 0 radical (unpaired) electrons. The highest BCUT2D eigenvalue weighted by atomic mass is 16.5. The summed E-state index contributed by atoms with van der Waals surface area (Å²) in [5, 5.41) is 2.26. The average Bonchev–Trinajstić information content (AvgIpc) is 2.31. The lowest BCUT2D eigenvalue weighted by molar-refractivity contribution is 0.0173. The second kappa shape index (κ2) is 5.49. The number of rotatable bonds is 3. The van der Waals surface area contributed by atoms with Crippen molar-refractivity contribution >= 4 is 0 Å². The van der Waals surface area contributed by atoms with E-state index in [0.717, 1.165) is 45.8 Å². The molecule has 0 atom stereocenters. The Balaban J connectivity index is 1.77. The molecule has 0 bridgehead atoms. The van der Waals surface area contributed by atoms with E-state index in [0.29, 0.717) is 0 Å². The fourth-order valence-electron chi connectivity index (χ4n) is 1.98. The standard InChI is InChI=1S/C11H21N3O/c1-2-13-5-3-11(4-6-13)12-14-7-9-15-10-8-14/h3,12H,2,4-10H2,1H3. The molecule has 0 aliphatic carbocycles. The summed E-state index contributed by atoms with van der Waals surface area (Å²) in [6.45, 7) is 9.32. The van der Waals surface area contributed by atoms with Gasteiger partial charge in [0.2, 0.25) is 0 Å². The van der Waals surface area contributed by atoms with Crippen LogP contribution in [0.2, 0.25) is 0 Å². The first kappa shape index (κ1) is 10.9. The number of hydrogen-bond acceptors (Lipinski definition) is 4. The zero-order valence-corrected chi connectivity index (χ0v) is 9.54. The number of likely N-dealkylation sites (N-methyl/N-ethyl adjacent to an activating group) is 1. The second-order valence-electron chi connectivity index (χ2n) is 4.08. The molecular formula is C11H21N3O. The van der Waals surface area contributed by atoms with Crippen molar-refractivity contribution in [3.63, 3.8) is 0 Å². The maximum Gasteiger partial charge on any atom is 0.0612 e. The van der Waals surface area contributed by atoms with Crippen LogP contribution >= 0.6 is 0 Å². The van der Waals surface area contributed by atoms with Crippen molar-refractivity contribution in [2.24, 2.45) is 0 Å². The second-order valence-corrected chi connectivity index (χ2v) is 4.08. The predicted molar refractivity (Wildman–Crippen MR) is 60.3 cm³/mol. The fraction of sp³-hybridized carbons (Fsp3) is 0.818. The summed E-state index contributed by atoms with van der Waals surface area (Å²) >= 11 is 0. The lowest BCUT2D eigenvalue weighted by Gasteiger charge is -2.32. The third-order valence-corrected chi connectivity index (χ3v) is 3.05. The minimum atomic E-state index is 0.849. The molecule has 2 rings (SSSR count). The molecule has 2 aliphatic rings. The fourth-order valence-corrected chi connectivity index (χ4v) is 1.98. The van der Waals surface area contributed by atoms with E-state index < -0.39 is 0 Å². The molecule has 2 heterocycles. The van der Waals surface area contributed by atoms with E-state index in [1.54, 1.807) is 0 Å². The average molecular weight is 211 g/mol. The van der Waals surface area contributed by atoms with Crippen molar-refractivity contribution in [1.82, 2.24) is 15.3 Å². The molecule has 15 heavy (non-hydrogen) atoms. The molecule has 0 aromatic carbocycles. The van der Waals surface area contributed by atoms with Gasteiger partial charge < -0.3 is 10.2 Å². The highest BCUT2D eigenvalue weighted by Crippen LogP contribution is 2.08. The van der Waals surface area contributed by atoms with Crippen molar-refractivity contribution in [3.05, 3.63) is 11.8 Å². The highest BCUT2D eigenvalue weighted by Gasteiger charge is 2.14. The Morgan fingerprint density at radius 3 is 2.73 bits per heavy atom. The van der Waals surface area contributed by atoms with Crippen molar-refractivity contribution in [3.8, 4) is 0 Å². The number of nitrogens with one attached hydrogen (secondary N) is 1. The van der Waals surface area contributed by atoms with Crippen molar-refractivity contribution in [2.45, 2.75) is 13.3 Å². The monoisotopic (exact) mass is 211 g/mol. The van der Waals surface area contributed by atoms with Crippen LogP contribution in [0.3, 0.4) is 0 Å². The molecule has 1 N–H and O–H groups in total. The largest absolute Gasteiger partial charge is 0.379 e. The van der Waals surface area contributed by atoms with Crippen molar-refractivity contribution in [2.75, 3.05) is 45.9 Å². The van der Waals surface area contributed by atoms with Gasteiger partial charge in [0, 0.05) is 38.3 Å². The summed E-state index contributed by atoms with van der Waals surface area (Å²) in [5.41, 5.74) is 4.87. The Hall–Kier alpha value is -0.580. The first-order chi connectivity index (χ1) is 7.38. The maximum atomic E-state index is 5.31. The number of hydrazine groups is 1. The number of nitrogens with zero attached hydrogens (tertiary/aromatic N) is 2. The molecular weight excluding hydrogens is 190 g/mol. The van der Waals surface area contributed by atoms with Gasteiger partial charge in [-0.25, -0.2) is 5.01 Å². The van der Waals surface area contributed by atoms with Gasteiger partial charge in [0.15, 0.2) is 0 Å². The highest BCUT2D eigenvalue weighted by molar-refractivity contribution is 5.04. The summed E-state index contributed by atoms with van der Waals surface area (Å²) in [5.74, 6) is 0. The van der Waals surface area contributed by atoms with Crippen LogP contribution in [0.15, 0.2) is 11.8 Å². The molecule has 4 nitrogen and oxygen atoms in total. The molecule has 4 heteroatoms. The van der Waals surface area contributed by atoms with Crippen LogP contribution in [-0.4, -0.2) is 55.8 Å². The van der Waals surface area contributed by atoms with Gasteiger partial charge in [0.1, 0.15) is 0 Å². The smallest absolute Gasteiger partial charge is 0.0612 e. The van der Waals surface area contributed by atoms with Gasteiger partial charge in [0.05, 0.1) is 13.2 Å². The lowest BCUT2D eigenvalue weighted by atomic mass is 10.2. The summed E-state index contributed by atoms with van der Waals surface area (Å²) < 4.78 is 5.31. The predicted octanol–water partition coefficient (Wildman–Crippen LogP) is 0.433. The third-order valence-electron chi connectivity index (χ3n) is 3.05. The first-order valence-corrected chi connectivity index (χ1v) is 5.89. The SMILES string of the molecule is CCN1CC=C(NN2CCOCC2)CC1. The number of hydrogen-bond donors (Lipinski definition) is 1. The van der Waals surface area contributed by atoms with Gasteiger partial charge in [-0.15, -0.1) is 0 Å². The minimum absolute atomic E-state index is 0.849. The molecule has 0 amide bonds. The zero-order chi connectivity index (χ0) is 10.5. The van der Waals surface area contributed by atoms with Gasteiger partial charge in [-0.05, 0) is 6.54 Å². The number of ether oxygens (including phenoxy) is 1. The van der Waals surface area contributed by atoms with Crippen LogP contribution in [0.4, 0.5) is 0 Å². The minimum Gasteiger partial charge on any atom is -0.379 e. The van der Waals surface area contributed by atoms with E-state index in [-0.39, 0.29) is 0 Å². The topological polar surface area (TPSA) is 27.7 Å². The third kappa shape index (κ3) is 3.19. The molecule has 1 fully saturated rings. The molecule has 0 unspecified atom stereocenters. The Bertz CT molecular complexity index is 224. The molecule has 0 aromatic rings. The van der Waals surface area contributed by atoms with E-state index in [1.807, 2.05) is 0 Å². The van der Waals surface area contributed by atoms with E-state index in [1.165, 1.54) is 12.2 Å². The van der Waals surface area contributed by atoms with Crippen molar-refractivity contribution < 1.29 is 4.74 Å². The quantitative estimate of drug-likeness (QED) is 0.733. The summed E-state index contributed by atoms with van der Waals surface area (Å²) in [7, 11) is 0. The molecule has 2 aliphatic heterocycles. The maximum absolute atomic E-state index is 5.31. The number of morpholine rings is 1. The van der Waals surface area contributed by atoms with Crippen molar-refractivity contribution in [1.29, 1.82) is 0 Å². The first-order valence-electron chi connectivity index (χ1n) is 5.89.